The van der Waals surface area contributed by atoms with Crippen molar-refractivity contribution in [2.75, 3.05) is 31.3 Å². The molecule has 198 valence electrons. The van der Waals surface area contributed by atoms with Gasteiger partial charge in [0.25, 0.3) is 10.0 Å². The molecule has 0 aliphatic carbocycles. The summed E-state index contributed by atoms with van der Waals surface area (Å²) in [5, 5.41) is 3.17. The normalized spacial score (nSPS) is 12.5. The zero-order chi connectivity index (χ0) is 27.4. The van der Waals surface area contributed by atoms with Crippen LogP contribution >= 0.6 is 11.6 Å². The van der Waals surface area contributed by atoms with Gasteiger partial charge in [0.05, 0.1) is 35.7 Å². The summed E-state index contributed by atoms with van der Waals surface area (Å²) in [7, 11) is -4.74. The molecule has 1 N–H and O–H groups in total. The van der Waals surface area contributed by atoms with Crippen molar-refractivity contribution in [3.8, 4) is 11.5 Å². The van der Waals surface area contributed by atoms with Crippen molar-refractivity contribution < 1.29 is 31.1 Å². The van der Waals surface area contributed by atoms with Crippen molar-refractivity contribution in [3.63, 3.8) is 0 Å². The molecular formula is C25H27ClN2O7S2. The zero-order valence-electron chi connectivity index (χ0n) is 20.6. The molecule has 3 aromatic rings. The van der Waals surface area contributed by atoms with Crippen molar-refractivity contribution in [1.82, 2.24) is 5.32 Å². The van der Waals surface area contributed by atoms with Gasteiger partial charge in [-0.3, -0.25) is 9.10 Å². The van der Waals surface area contributed by atoms with Crippen molar-refractivity contribution >= 4 is 43.1 Å². The van der Waals surface area contributed by atoms with Gasteiger partial charge in [0.15, 0.2) is 21.3 Å². The average molecular weight is 567 g/mol. The largest absolute Gasteiger partial charge is 0.493 e. The number of carbonyl (C=O) groups excluding carboxylic acids is 1. The zero-order valence-corrected chi connectivity index (χ0v) is 23.0. The molecule has 1 amide bonds. The van der Waals surface area contributed by atoms with Gasteiger partial charge < -0.3 is 14.8 Å². The highest BCUT2D eigenvalue weighted by atomic mass is 35.5. The van der Waals surface area contributed by atoms with Crippen LogP contribution in [0.4, 0.5) is 5.69 Å². The van der Waals surface area contributed by atoms with E-state index in [0.717, 1.165) is 10.6 Å². The SMILES string of the molecule is COc1ccc(S(=O)(=O)N(CC(=O)N[C@H](C)c2ccc(S(C)(=O)=O)cc2)c2ccc(Cl)cc2)cc1OC. The first-order chi connectivity index (χ1) is 17.4. The molecule has 1 atom stereocenters. The van der Waals surface area contributed by atoms with Crippen molar-refractivity contribution in [1.29, 1.82) is 0 Å². The summed E-state index contributed by atoms with van der Waals surface area (Å²) in [6, 6.07) is 15.8. The Bertz CT molecular complexity index is 1470. The quantitative estimate of drug-likeness (QED) is 0.396. The Morgan fingerprint density at radius 2 is 1.46 bits per heavy atom. The Morgan fingerprint density at radius 1 is 0.892 bits per heavy atom. The molecule has 0 aliphatic rings. The summed E-state index contributed by atoms with van der Waals surface area (Å²) in [6.07, 6.45) is 1.11. The van der Waals surface area contributed by atoms with Crippen LogP contribution < -0.4 is 19.1 Å². The molecule has 37 heavy (non-hydrogen) atoms. The van der Waals surface area contributed by atoms with Gasteiger partial charge in [0, 0.05) is 17.3 Å². The van der Waals surface area contributed by atoms with Gasteiger partial charge in [-0.25, -0.2) is 16.8 Å². The topological polar surface area (TPSA) is 119 Å². The molecule has 3 aromatic carbocycles. The van der Waals surface area contributed by atoms with Gasteiger partial charge >= 0.3 is 0 Å². The van der Waals surface area contributed by atoms with Crippen LogP contribution in [0.5, 0.6) is 11.5 Å². The van der Waals surface area contributed by atoms with Gasteiger partial charge in [0.1, 0.15) is 6.54 Å². The molecule has 0 saturated carbocycles. The Labute approximate surface area is 221 Å². The van der Waals surface area contributed by atoms with E-state index >= 15 is 0 Å². The van der Waals surface area contributed by atoms with E-state index in [0.29, 0.717) is 16.3 Å². The van der Waals surface area contributed by atoms with Crippen LogP contribution in [0.3, 0.4) is 0 Å². The van der Waals surface area contributed by atoms with E-state index in [9.17, 15) is 21.6 Å². The Hall–Kier alpha value is -3.28. The highest BCUT2D eigenvalue weighted by Crippen LogP contribution is 2.32. The van der Waals surface area contributed by atoms with E-state index < -0.39 is 38.4 Å². The van der Waals surface area contributed by atoms with E-state index in [2.05, 4.69) is 5.32 Å². The predicted molar refractivity (Wildman–Crippen MR) is 142 cm³/mol. The molecule has 0 heterocycles. The summed E-state index contributed by atoms with van der Waals surface area (Å²) in [5.41, 5.74) is 0.890. The third kappa shape index (κ3) is 6.73. The fraction of sp³-hybridized carbons (Fsp3) is 0.240. The fourth-order valence-corrected chi connectivity index (χ4v) is 5.72. The van der Waals surface area contributed by atoms with Crippen molar-refractivity contribution in [2.24, 2.45) is 0 Å². The average Bonchev–Trinajstić information content (AvgIpc) is 2.86. The molecule has 3 rings (SSSR count). The summed E-state index contributed by atoms with van der Waals surface area (Å²) in [6.45, 7) is 1.19. The molecule has 0 radical (unpaired) electrons. The van der Waals surface area contributed by atoms with Crippen LogP contribution in [0.25, 0.3) is 0 Å². The summed E-state index contributed by atoms with van der Waals surface area (Å²) in [4.78, 5) is 13.1. The number of sulfonamides is 1. The molecule has 0 spiro atoms. The molecule has 0 bridgehead atoms. The molecule has 0 saturated heterocycles. The smallest absolute Gasteiger partial charge is 0.264 e. The molecular weight excluding hydrogens is 540 g/mol. The number of halogens is 1. The van der Waals surface area contributed by atoms with Gasteiger partial charge in [0.2, 0.25) is 5.91 Å². The number of sulfone groups is 1. The lowest BCUT2D eigenvalue weighted by atomic mass is 10.1. The highest BCUT2D eigenvalue weighted by Gasteiger charge is 2.29. The predicted octanol–water partition coefficient (Wildman–Crippen LogP) is 3.83. The number of carbonyl (C=O) groups is 1. The number of benzene rings is 3. The molecule has 0 aromatic heterocycles. The first-order valence-corrected chi connectivity index (χ1v) is 14.7. The Morgan fingerprint density at radius 3 is 2.00 bits per heavy atom. The maximum atomic E-state index is 13.7. The second kappa shape index (κ2) is 11.4. The Balaban J connectivity index is 1.90. The van der Waals surface area contributed by atoms with Crippen LogP contribution in [0.1, 0.15) is 18.5 Å². The molecule has 0 aliphatic heterocycles. The van der Waals surface area contributed by atoms with E-state index in [1.807, 2.05) is 0 Å². The van der Waals surface area contributed by atoms with Crippen molar-refractivity contribution in [3.05, 3.63) is 77.3 Å². The monoisotopic (exact) mass is 566 g/mol. The van der Waals surface area contributed by atoms with Gasteiger partial charge in [-0.2, -0.15) is 0 Å². The first-order valence-electron chi connectivity index (χ1n) is 11.0. The van der Waals surface area contributed by atoms with Gasteiger partial charge in [-0.05, 0) is 61.0 Å². The lowest BCUT2D eigenvalue weighted by Crippen LogP contribution is -2.41. The van der Waals surface area contributed by atoms with Gasteiger partial charge in [-0.15, -0.1) is 0 Å². The third-order valence-electron chi connectivity index (χ3n) is 5.53. The minimum absolute atomic E-state index is 0.0997. The van der Waals surface area contributed by atoms with Crippen LogP contribution in [0.2, 0.25) is 5.02 Å². The second-order valence-corrected chi connectivity index (χ2v) is 12.4. The number of anilines is 1. The van der Waals surface area contributed by atoms with Crippen LogP contribution in [-0.2, 0) is 24.7 Å². The third-order valence-corrected chi connectivity index (χ3v) is 8.68. The van der Waals surface area contributed by atoms with E-state index in [1.54, 1.807) is 19.1 Å². The maximum Gasteiger partial charge on any atom is 0.264 e. The van der Waals surface area contributed by atoms with E-state index in [-0.39, 0.29) is 21.2 Å². The number of nitrogens with zero attached hydrogens (tertiary/aromatic N) is 1. The first kappa shape index (κ1) is 28.3. The number of hydrogen-bond donors (Lipinski definition) is 1. The fourth-order valence-electron chi connectivity index (χ4n) is 3.53. The van der Waals surface area contributed by atoms with Crippen LogP contribution in [0.15, 0.2) is 76.5 Å². The van der Waals surface area contributed by atoms with E-state index in [1.165, 1.54) is 68.8 Å². The second-order valence-electron chi connectivity index (χ2n) is 8.14. The minimum Gasteiger partial charge on any atom is -0.493 e. The number of amides is 1. The lowest BCUT2D eigenvalue weighted by Gasteiger charge is -2.25. The van der Waals surface area contributed by atoms with Crippen LogP contribution in [-0.4, -0.2) is 49.8 Å². The standard InChI is InChI=1S/C25H27ClN2O7S2/c1-17(18-5-11-21(12-6-18)36(4,30)31)27-25(29)16-28(20-9-7-19(26)8-10-20)37(32,33)22-13-14-23(34-2)24(15-22)35-3/h5-15,17H,16H2,1-4H3,(H,27,29)/t17-/m1/s1. The van der Waals surface area contributed by atoms with Crippen LogP contribution in [0, 0.1) is 0 Å². The number of ether oxygens (including phenoxy) is 2. The van der Waals surface area contributed by atoms with Gasteiger partial charge in [-0.1, -0.05) is 23.7 Å². The number of methoxy groups -OCH3 is 2. The molecule has 12 heteroatoms. The Kier molecular flexibility index (Phi) is 8.72. The summed E-state index contributed by atoms with van der Waals surface area (Å²) >= 11 is 5.99. The maximum absolute atomic E-state index is 13.7. The summed E-state index contributed by atoms with van der Waals surface area (Å²) in [5.74, 6) is 0.00175. The number of nitrogens with one attached hydrogen (secondary N) is 1. The van der Waals surface area contributed by atoms with Crippen molar-refractivity contribution in [2.45, 2.75) is 22.8 Å². The highest BCUT2D eigenvalue weighted by molar-refractivity contribution is 7.93. The summed E-state index contributed by atoms with van der Waals surface area (Å²) < 4.78 is 62.1. The van der Waals surface area contributed by atoms with E-state index in [4.69, 9.17) is 21.1 Å². The molecule has 0 fully saturated rings. The minimum atomic E-state index is -4.21. The molecule has 9 nitrogen and oxygen atoms in total. The number of hydrogen-bond acceptors (Lipinski definition) is 7. The number of rotatable bonds is 10. The molecule has 0 unspecified atom stereocenters. The lowest BCUT2D eigenvalue weighted by molar-refractivity contribution is -0.120.